The Morgan fingerprint density at radius 2 is 0.938 bits per heavy atom. The second-order valence-corrected chi connectivity index (χ2v) is 7.51. The average molecular weight is 419 g/mol. The third-order valence-electron chi connectivity index (χ3n) is 5.63. The average Bonchev–Trinajstić information content (AvgIpc) is 2.85. The van der Waals surface area contributed by atoms with E-state index >= 15 is 0 Å². The van der Waals surface area contributed by atoms with Crippen molar-refractivity contribution >= 4 is 32.7 Å². The number of methoxy groups -OCH3 is 2. The molecule has 0 aliphatic rings. The molecule has 0 heterocycles. The van der Waals surface area contributed by atoms with Gasteiger partial charge in [0.05, 0.1) is 14.2 Å². The Morgan fingerprint density at radius 3 is 1.31 bits per heavy atom. The van der Waals surface area contributed by atoms with Gasteiger partial charge in [-0.25, -0.2) is 0 Å². The van der Waals surface area contributed by atoms with Crippen LogP contribution in [0.25, 0.3) is 32.7 Å². The summed E-state index contributed by atoms with van der Waals surface area (Å²) in [5.41, 5.74) is 4.23. The van der Waals surface area contributed by atoms with Gasteiger partial charge in [0.1, 0.15) is 11.5 Å². The maximum absolute atomic E-state index is 5.33. The fourth-order valence-corrected chi connectivity index (χ4v) is 3.79. The van der Waals surface area contributed by atoms with E-state index in [-0.39, 0.29) is 0 Å². The number of benzene rings is 4. The number of allylic oxidation sites excluding steroid dienone is 4. The van der Waals surface area contributed by atoms with E-state index in [1.165, 1.54) is 10.8 Å². The topological polar surface area (TPSA) is 18.5 Å². The summed E-state index contributed by atoms with van der Waals surface area (Å²) >= 11 is 0. The van der Waals surface area contributed by atoms with Gasteiger partial charge in [-0.3, -0.25) is 0 Å². The minimum Gasteiger partial charge on any atom is -0.497 e. The molecule has 0 aromatic heterocycles. The van der Waals surface area contributed by atoms with Crippen molar-refractivity contribution in [1.29, 1.82) is 0 Å². The molecule has 0 aliphatic heterocycles. The highest BCUT2D eigenvalue weighted by molar-refractivity contribution is 5.93. The molecule has 0 aliphatic carbocycles. The van der Waals surface area contributed by atoms with E-state index in [2.05, 4.69) is 72.5 Å². The highest BCUT2D eigenvalue weighted by Crippen LogP contribution is 2.27. The minimum absolute atomic E-state index is 0.864. The van der Waals surface area contributed by atoms with E-state index < -0.39 is 0 Å². The van der Waals surface area contributed by atoms with Crippen LogP contribution in [0.4, 0.5) is 0 Å². The van der Waals surface area contributed by atoms with Crippen molar-refractivity contribution in [2.45, 2.75) is 13.8 Å². The molecule has 0 spiro atoms. The number of rotatable bonds is 4. The number of fused-ring (bicyclic) bond motifs is 2. The van der Waals surface area contributed by atoms with Crippen molar-refractivity contribution < 1.29 is 9.47 Å². The van der Waals surface area contributed by atoms with Crippen LogP contribution in [0.3, 0.4) is 0 Å². The minimum atomic E-state index is 0.864. The lowest BCUT2D eigenvalue weighted by Gasteiger charge is -2.07. The van der Waals surface area contributed by atoms with Gasteiger partial charge in [-0.1, -0.05) is 60.4 Å². The fourth-order valence-electron chi connectivity index (χ4n) is 3.79. The first-order chi connectivity index (χ1) is 15.6. The maximum atomic E-state index is 5.33. The zero-order valence-electron chi connectivity index (χ0n) is 18.9. The molecular weight excluding hydrogens is 392 g/mol. The van der Waals surface area contributed by atoms with Gasteiger partial charge in [-0.15, -0.1) is 0 Å². The Balaban J connectivity index is 1.65. The quantitative estimate of drug-likeness (QED) is 0.319. The van der Waals surface area contributed by atoms with E-state index in [9.17, 15) is 0 Å². The Kier molecular flexibility index (Phi) is 6.29. The van der Waals surface area contributed by atoms with Crippen molar-refractivity contribution in [2.75, 3.05) is 14.2 Å². The van der Waals surface area contributed by atoms with E-state index in [0.29, 0.717) is 0 Å². The van der Waals surface area contributed by atoms with Crippen LogP contribution in [0.2, 0.25) is 0 Å². The molecule has 158 valence electrons. The van der Waals surface area contributed by atoms with Gasteiger partial charge in [-0.2, -0.15) is 0 Å². The molecule has 0 radical (unpaired) electrons. The molecule has 32 heavy (non-hydrogen) atoms. The van der Waals surface area contributed by atoms with Crippen molar-refractivity contribution in [2.24, 2.45) is 0 Å². The van der Waals surface area contributed by atoms with Crippen molar-refractivity contribution in [1.82, 2.24) is 0 Å². The summed E-state index contributed by atoms with van der Waals surface area (Å²) in [5, 5.41) is 4.64. The third-order valence-corrected chi connectivity index (χ3v) is 5.63. The highest BCUT2D eigenvalue weighted by Gasteiger charge is 2.04. The van der Waals surface area contributed by atoms with Crippen LogP contribution in [0.15, 0.2) is 84.9 Å². The van der Waals surface area contributed by atoms with Gasteiger partial charge in [0.25, 0.3) is 0 Å². The summed E-state index contributed by atoms with van der Waals surface area (Å²) in [6.07, 6.45) is 4.13. The monoisotopic (exact) mass is 418 g/mol. The smallest absolute Gasteiger partial charge is 0.119 e. The third kappa shape index (κ3) is 4.38. The number of hydrogen-bond donors (Lipinski definition) is 0. The molecule has 2 nitrogen and oxygen atoms in total. The first-order valence-electron chi connectivity index (χ1n) is 10.7. The Labute approximate surface area is 189 Å². The summed E-state index contributed by atoms with van der Waals surface area (Å²) in [7, 11) is 3.38. The van der Waals surface area contributed by atoms with E-state index in [0.717, 1.165) is 44.5 Å². The van der Waals surface area contributed by atoms with Gasteiger partial charge in [0.2, 0.25) is 0 Å². The highest BCUT2D eigenvalue weighted by atomic mass is 16.5. The number of hydrogen-bond acceptors (Lipinski definition) is 2. The van der Waals surface area contributed by atoms with Gasteiger partial charge >= 0.3 is 0 Å². The lowest BCUT2D eigenvalue weighted by molar-refractivity contribution is 0.415. The van der Waals surface area contributed by atoms with Gasteiger partial charge in [0, 0.05) is 11.1 Å². The fraction of sp³-hybridized carbons (Fsp3) is 0.133. The summed E-state index contributed by atoms with van der Waals surface area (Å²) in [6, 6.07) is 25.1. The van der Waals surface area contributed by atoms with Gasteiger partial charge in [-0.05, 0) is 82.9 Å². The molecule has 4 rings (SSSR count). The Hall–Kier alpha value is -3.96. The predicted molar refractivity (Wildman–Crippen MR) is 136 cm³/mol. The van der Waals surface area contributed by atoms with Crippen LogP contribution in [0, 0.1) is 11.8 Å². The molecule has 4 aromatic carbocycles. The Morgan fingerprint density at radius 1 is 0.562 bits per heavy atom. The second-order valence-electron chi connectivity index (χ2n) is 7.51. The van der Waals surface area contributed by atoms with Crippen LogP contribution in [0.1, 0.15) is 25.0 Å². The van der Waals surface area contributed by atoms with Crippen LogP contribution >= 0.6 is 0 Å². The molecule has 0 bridgehead atoms. The van der Waals surface area contributed by atoms with Crippen molar-refractivity contribution in [3.05, 3.63) is 96.1 Å². The maximum Gasteiger partial charge on any atom is 0.119 e. The zero-order valence-corrected chi connectivity index (χ0v) is 18.9. The summed E-state index contributed by atoms with van der Waals surface area (Å²) in [4.78, 5) is 0. The molecule has 0 N–H and O–H groups in total. The molecule has 4 aromatic rings. The molecular formula is C30H26O2. The first kappa shape index (κ1) is 21.3. The molecule has 0 atom stereocenters. The molecule has 0 amide bonds. The van der Waals surface area contributed by atoms with E-state index in [1.807, 2.05) is 38.1 Å². The SMILES string of the molecule is C/C=C(\C#C/C(=C\C)c1ccc2cc(OC)ccc2c1)c1ccc2cc(OC)ccc2c1. The van der Waals surface area contributed by atoms with E-state index in [1.54, 1.807) is 14.2 Å². The predicted octanol–water partition coefficient (Wildman–Crippen LogP) is 7.52. The lowest BCUT2D eigenvalue weighted by atomic mass is 9.99. The normalized spacial score (nSPS) is 11.9. The molecule has 0 saturated carbocycles. The lowest BCUT2D eigenvalue weighted by Crippen LogP contribution is -1.87. The molecule has 0 unspecified atom stereocenters. The summed E-state index contributed by atoms with van der Waals surface area (Å²) in [6.45, 7) is 4.06. The first-order valence-corrected chi connectivity index (χ1v) is 10.7. The largest absolute Gasteiger partial charge is 0.497 e. The van der Waals surface area contributed by atoms with Crippen LogP contribution in [-0.2, 0) is 0 Å². The van der Waals surface area contributed by atoms with E-state index in [4.69, 9.17) is 9.47 Å². The van der Waals surface area contributed by atoms with Crippen LogP contribution in [0.5, 0.6) is 11.5 Å². The number of ether oxygens (including phenoxy) is 2. The second kappa shape index (κ2) is 9.45. The van der Waals surface area contributed by atoms with Crippen molar-refractivity contribution in [3.63, 3.8) is 0 Å². The molecule has 2 heteroatoms. The van der Waals surface area contributed by atoms with Crippen molar-refractivity contribution in [3.8, 4) is 23.3 Å². The Bertz CT molecular complexity index is 1300. The van der Waals surface area contributed by atoms with Gasteiger partial charge in [0.15, 0.2) is 0 Å². The van der Waals surface area contributed by atoms with Crippen LogP contribution < -0.4 is 9.47 Å². The summed E-state index contributed by atoms with van der Waals surface area (Å²) in [5.74, 6) is 8.50. The van der Waals surface area contributed by atoms with Crippen LogP contribution in [-0.4, -0.2) is 14.2 Å². The standard InChI is InChI=1S/C30H26O2/c1-5-21(23-9-11-27-19-29(31-3)15-13-25(27)17-23)7-8-22(6-2)24-10-12-28-20-30(32-4)16-14-26(28)18-24/h5-6,9-20H,1-4H3/b21-5+,22-6+. The molecule has 0 fully saturated rings. The van der Waals surface area contributed by atoms with Gasteiger partial charge < -0.3 is 9.47 Å². The summed E-state index contributed by atoms with van der Waals surface area (Å²) < 4.78 is 10.7. The molecule has 0 saturated heterocycles. The zero-order chi connectivity index (χ0) is 22.5.